The highest BCUT2D eigenvalue weighted by molar-refractivity contribution is 7.09. The molecule has 0 bridgehead atoms. The van der Waals surface area contributed by atoms with Gasteiger partial charge in [0.05, 0.1) is 11.2 Å². The van der Waals surface area contributed by atoms with Crippen LogP contribution in [0.4, 0.5) is 0 Å². The number of aromatic nitrogens is 1. The standard InChI is InChI=1S/C17H28N2S/c1-4-13-6-5-9-17(10-13,19-14-7-8-14)16-18-15(11-20-16)12(2)3/h11-14,19H,4-10H2,1-3H3. The third kappa shape index (κ3) is 2.94. The molecular formula is C17H28N2S. The Morgan fingerprint density at radius 2 is 2.20 bits per heavy atom. The predicted molar refractivity (Wildman–Crippen MR) is 86.3 cm³/mol. The maximum absolute atomic E-state index is 5.01. The molecule has 2 aliphatic rings. The highest BCUT2D eigenvalue weighted by Gasteiger charge is 2.43. The van der Waals surface area contributed by atoms with Gasteiger partial charge in [-0.2, -0.15) is 0 Å². The second-order valence-corrected chi connectivity index (χ2v) is 7.96. The normalized spacial score (nSPS) is 30.9. The molecule has 2 nitrogen and oxygen atoms in total. The van der Waals surface area contributed by atoms with E-state index in [0.717, 1.165) is 12.0 Å². The third-order valence-electron chi connectivity index (χ3n) is 5.01. The number of hydrogen-bond donors (Lipinski definition) is 1. The molecule has 0 radical (unpaired) electrons. The van der Waals surface area contributed by atoms with E-state index in [1.54, 1.807) is 0 Å². The van der Waals surface area contributed by atoms with Crippen LogP contribution in [0, 0.1) is 5.92 Å². The first-order valence-corrected chi connectivity index (χ1v) is 9.24. The molecule has 1 N–H and O–H groups in total. The van der Waals surface area contributed by atoms with Crippen LogP contribution in [-0.4, -0.2) is 11.0 Å². The molecule has 1 heterocycles. The Morgan fingerprint density at radius 3 is 2.80 bits per heavy atom. The van der Waals surface area contributed by atoms with E-state index < -0.39 is 0 Å². The number of rotatable bonds is 5. The van der Waals surface area contributed by atoms with Gasteiger partial charge in [-0.1, -0.05) is 40.0 Å². The highest BCUT2D eigenvalue weighted by atomic mass is 32.1. The van der Waals surface area contributed by atoms with Crippen LogP contribution in [0.1, 0.15) is 82.3 Å². The summed E-state index contributed by atoms with van der Waals surface area (Å²) in [7, 11) is 0. The van der Waals surface area contributed by atoms with Crippen molar-refractivity contribution in [1.82, 2.24) is 10.3 Å². The summed E-state index contributed by atoms with van der Waals surface area (Å²) in [5, 5.41) is 7.64. The molecule has 0 spiro atoms. The van der Waals surface area contributed by atoms with Crippen molar-refractivity contribution in [2.45, 2.75) is 83.2 Å². The summed E-state index contributed by atoms with van der Waals surface area (Å²) in [5.74, 6) is 1.42. The van der Waals surface area contributed by atoms with Crippen LogP contribution in [-0.2, 0) is 5.54 Å². The Kier molecular flexibility index (Phi) is 4.19. The molecule has 0 amide bonds. The topological polar surface area (TPSA) is 24.9 Å². The second kappa shape index (κ2) is 5.76. The van der Waals surface area contributed by atoms with E-state index in [1.807, 2.05) is 11.3 Å². The molecule has 3 heteroatoms. The largest absolute Gasteiger partial charge is 0.303 e. The molecule has 0 aromatic carbocycles. The fourth-order valence-electron chi connectivity index (χ4n) is 3.51. The molecule has 2 fully saturated rings. The van der Waals surface area contributed by atoms with Crippen molar-refractivity contribution in [3.8, 4) is 0 Å². The lowest BCUT2D eigenvalue weighted by molar-refractivity contribution is 0.172. The summed E-state index contributed by atoms with van der Waals surface area (Å²) in [6.45, 7) is 6.84. The minimum Gasteiger partial charge on any atom is -0.303 e. The Balaban J connectivity index is 1.87. The van der Waals surface area contributed by atoms with E-state index in [0.29, 0.717) is 5.92 Å². The third-order valence-corrected chi connectivity index (χ3v) is 6.08. The number of nitrogens with one attached hydrogen (secondary N) is 1. The first-order valence-electron chi connectivity index (χ1n) is 8.36. The van der Waals surface area contributed by atoms with Crippen molar-refractivity contribution >= 4 is 11.3 Å². The monoisotopic (exact) mass is 292 g/mol. The average molecular weight is 292 g/mol. The van der Waals surface area contributed by atoms with Gasteiger partial charge in [-0.3, -0.25) is 0 Å². The van der Waals surface area contributed by atoms with E-state index in [9.17, 15) is 0 Å². The second-order valence-electron chi connectivity index (χ2n) is 7.10. The van der Waals surface area contributed by atoms with Crippen LogP contribution < -0.4 is 5.32 Å². The van der Waals surface area contributed by atoms with Crippen LogP contribution in [0.3, 0.4) is 0 Å². The van der Waals surface area contributed by atoms with Crippen molar-refractivity contribution in [2.24, 2.45) is 5.92 Å². The first kappa shape index (κ1) is 14.5. The van der Waals surface area contributed by atoms with Gasteiger partial charge in [0, 0.05) is 11.4 Å². The average Bonchev–Trinajstić information content (AvgIpc) is 3.09. The van der Waals surface area contributed by atoms with E-state index >= 15 is 0 Å². The number of hydrogen-bond acceptors (Lipinski definition) is 3. The molecule has 2 unspecified atom stereocenters. The molecule has 2 saturated carbocycles. The quantitative estimate of drug-likeness (QED) is 0.842. The first-order chi connectivity index (χ1) is 9.63. The van der Waals surface area contributed by atoms with Gasteiger partial charge in [-0.05, 0) is 37.5 Å². The van der Waals surface area contributed by atoms with Crippen LogP contribution in [0.5, 0.6) is 0 Å². The van der Waals surface area contributed by atoms with Crippen LogP contribution in [0.15, 0.2) is 5.38 Å². The van der Waals surface area contributed by atoms with Crippen molar-refractivity contribution in [2.75, 3.05) is 0 Å². The SMILES string of the molecule is CCC1CCCC(NC2CC2)(c2nc(C(C)C)cs2)C1. The summed E-state index contributed by atoms with van der Waals surface area (Å²) < 4.78 is 0. The molecule has 0 saturated heterocycles. The van der Waals surface area contributed by atoms with Crippen molar-refractivity contribution < 1.29 is 0 Å². The summed E-state index contributed by atoms with van der Waals surface area (Å²) in [4.78, 5) is 5.01. The van der Waals surface area contributed by atoms with E-state index in [1.165, 1.54) is 55.6 Å². The Bertz CT molecular complexity index is 450. The predicted octanol–water partition coefficient (Wildman–Crippen LogP) is 4.81. The molecule has 1 aromatic rings. The van der Waals surface area contributed by atoms with Gasteiger partial charge < -0.3 is 5.32 Å². The number of thiazole rings is 1. The summed E-state index contributed by atoms with van der Waals surface area (Å²) in [6, 6.07) is 0.761. The molecule has 0 aliphatic heterocycles. The van der Waals surface area contributed by atoms with Crippen molar-refractivity contribution in [1.29, 1.82) is 0 Å². The maximum Gasteiger partial charge on any atom is 0.113 e. The molecule has 1 aromatic heterocycles. The Labute approximate surface area is 127 Å². The summed E-state index contributed by atoms with van der Waals surface area (Å²) >= 11 is 1.89. The van der Waals surface area contributed by atoms with Gasteiger partial charge in [-0.25, -0.2) is 4.98 Å². The van der Waals surface area contributed by atoms with Crippen LogP contribution in [0.25, 0.3) is 0 Å². The molecule has 20 heavy (non-hydrogen) atoms. The highest BCUT2D eigenvalue weighted by Crippen LogP contribution is 2.44. The Morgan fingerprint density at radius 1 is 1.40 bits per heavy atom. The van der Waals surface area contributed by atoms with E-state index in [2.05, 4.69) is 31.5 Å². The van der Waals surface area contributed by atoms with Gasteiger partial charge in [0.25, 0.3) is 0 Å². The summed E-state index contributed by atoms with van der Waals surface area (Å²) in [6.07, 6.45) is 9.39. The fourth-order valence-corrected chi connectivity index (χ4v) is 4.70. The Hall–Kier alpha value is -0.410. The molecule has 2 aliphatic carbocycles. The van der Waals surface area contributed by atoms with Gasteiger partial charge in [0.1, 0.15) is 5.01 Å². The zero-order valence-electron chi connectivity index (χ0n) is 13.1. The van der Waals surface area contributed by atoms with E-state index in [-0.39, 0.29) is 5.54 Å². The molecule has 2 atom stereocenters. The van der Waals surface area contributed by atoms with Gasteiger partial charge in [0.15, 0.2) is 0 Å². The smallest absolute Gasteiger partial charge is 0.113 e. The van der Waals surface area contributed by atoms with Crippen LogP contribution >= 0.6 is 11.3 Å². The van der Waals surface area contributed by atoms with Crippen LogP contribution in [0.2, 0.25) is 0 Å². The van der Waals surface area contributed by atoms with E-state index in [4.69, 9.17) is 4.98 Å². The lowest BCUT2D eigenvalue weighted by atomic mass is 9.75. The lowest BCUT2D eigenvalue weighted by Gasteiger charge is -2.40. The zero-order chi connectivity index (χ0) is 14.2. The van der Waals surface area contributed by atoms with Crippen molar-refractivity contribution in [3.63, 3.8) is 0 Å². The minimum atomic E-state index is 0.192. The fraction of sp³-hybridized carbons (Fsp3) is 0.824. The molecular weight excluding hydrogens is 264 g/mol. The minimum absolute atomic E-state index is 0.192. The van der Waals surface area contributed by atoms with Gasteiger partial charge in [-0.15, -0.1) is 11.3 Å². The zero-order valence-corrected chi connectivity index (χ0v) is 13.9. The number of nitrogens with zero attached hydrogens (tertiary/aromatic N) is 1. The molecule has 112 valence electrons. The summed E-state index contributed by atoms with van der Waals surface area (Å²) in [5.41, 5.74) is 1.47. The lowest BCUT2D eigenvalue weighted by Crippen LogP contribution is -2.47. The molecule has 3 rings (SSSR count). The van der Waals surface area contributed by atoms with Gasteiger partial charge >= 0.3 is 0 Å². The van der Waals surface area contributed by atoms with Crippen molar-refractivity contribution in [3.05, 3.63) is 16.1 Å². The van der Waals surface area contributed by atoms with Gasteiger partial charge in [0.2, 0.25) is 0 Å². The maximum atomic E-state index is 5.01.